The van der Waals surface area contributed by atoms with Crippen molar-refractivity contribution in [1.29, 1.82) is 0 Å². The molecule has 1 aromatic rings. The Labute approximate surface area is 96.2 Å². The lowest BCUT2D eigenvalue weighted by molar-refractivity contribution is 0.171. The van der Waals surface area contributed by atoms with Gasteiger partial charge in [0.05, 0.1) is 12.8 Å². The van der Waals surface area contributed by atoms with E-state index in [1.807, 2.05) is 12.1 Å². The lowest BCUT2D eigenvalue weighted by Crippen LogP contribution is -2.40. The Kier molecular flexibility index (Phi) is 2.20. The molecule has 0 amide bonds. The number of fused-ring (bicyclic) bond motifs is 1. The summed E-state index contributed by atoms with van der Waals surface area (Å²) in [5.41, 5.74) is 2.77. The molecule has 1 spiro atoms. The molecule has 0 unspecified atom stereocenters. The standard InChI is InChI=1S/C13H18N2O/c1-16-11-5-2-4-10-12(11)15-9-13(8-14-10)6-3-7-13/h2,4-5,14-15H,3,6-9H2,1H3. The van der Waals surface area contributed by atoms with Crippen LogP contribution in [0.15, 0.2) is 18.2 Å². The van der Waals surface area contributed by atoms with Crippen molar-refractivity contribution in [1.82, 2.24) is 0 Å². The van der Waals surface area contributed by atoms with E-state index < -0.39 is 0 Å². The summed E-state index contributed by atoms with van der Waals surface area (Å²) >= 11 is 0. The Morgan fingerprint density at radius 3 is 2.69 bits per heavy atom. The number of benzene rings is 1. The summed E-state index contributed by atoms with van der Waals surface area (Å²) in [6, 6.07) is 6.15. The van der Waals surface area contributed by atoms with Gasteiger partial charge in [0.2, 0.25) is 0 Å². The monoisotopic (exact) mass is 218 g/mol. The van der Waals surface area contributed by atoms with Crippen molar-refractivity contribution in [2.24, 2.45) is 5.41 Å². The van der Waals surface area contributed by atoms with Crippen LogP contribution in [-0.2, 0) is 0 Å². The lowest BCUT2D eigenvalue weighted by atomic mass is 9.69. The summed E-state index contributed by atoms with van der Waals surface area (Å²) in [6.07, 6.45) is 4.05. The fourth-order valence-corrected chi connectivity index (χ4v) is 2.68. The maximum atomic E-state index is 5.39. The molecule has 0 saturated heterocycles. The van der Waals surface area contributed by atoms with Gasteiger partial charge in [0.25, 0.3) is 0 Å². The zero-order chi connectivity index (χ0) is 11.0. The number of para-hydroxylation sites is 1. The average molecular weight is 218 g/mol. The van der Waals surface area contributed by atoms with Crippen molar-refractivity contribution in [2.45, 2.75) is 19.3 Å². The molecular weight excluding hydrogens is 200 g/mol. The normalized spacial score (nSPS) is 21.1. The molecule has 3 nitrogen and oxygen atoms in total. The number of hydrogen-bond donors (Lipinski definition) is 2. The van der Waals surface area contributed by atoms with Gasteiger partial charge in [0.15, 0.2) is 0 Å². The smallest absolute Gasteiger partial charge is 0.144 e. The number of hydrogen-bond acceptors (Lipinski definition) is 3. The molecule has 16 heavy (non-hydrogen) atoms. The summed E-state index contributed by atoms with van der Waals surface area (Å²) < 4.78 is 5.39. The quantitative estimate of drug-likeness (QED) is 0.760. The maximum absolute atomic E-state index is 5.39. The minimum absolute atomic E-state index is 0.476. The van der Waals surface area contributed by atoms with Crippen molar-refractivity contribution in [2.75, 3.05) is 30.8 Å². The van der Waals surface area contributed by atoms with E-state index in [4.69, 9.17) is 4.74 Å². The van der Waals surface area contributed by atoms with Crippen LogP contribution in [0.5, 0.6) is 5.75 Å². The predicted molar refractivity (Wildman–Crippen MR) is 66.3 cm³/mol. The zero-order valence-electron chi connectivity index (χ0n) is 9.68. The highest BCUT2D eigenvalue weighted by atomic mass is 16.5. The lowest BCUT2D eigenvalue weighted by Gasteiger charge is -2.41. The predicted octanol–water partition coefficient (Wildman–Crippen LogP) is 2.70. The van der Waals surface area contributed by atoms with Gasteiger partial charge in [-0.25, -0.2) is 0 Å². The summed E-state index contributed by atoms with van der Waals surface area (Å²) in [4.78, 5) is 0. The third-order valence-electron chi connectivity index (χ3n) is 3.95. The maximum Gasteiger partial charge on any atom is 0.144 e. The van der Waals surface area contributed by atoms with Crippen molar-refractivity contribution in [3.05, 3.63) is 18.2 Å². The molecule has 2 aliphatic rings. The highest BCUT2D eigenvalue weighted by Gasteiger charge is 2.38. The molecule has 1 aliphatic carbocycles. The number of rotatable bonds is 1. The van der Waals surface area contributed by atoms with E-state index in [1.165, 1.54) is 24.9 Å². The van der Waals surface area contributed by atoms with E-state index in [0.29, 0.717) is 5.41 Å². The van der Waals surface area contributed by atoms with Crippen molar-refractivity contribution in [3.63, 3.8) is 0 Å². The Balaban J connectivity index is 1.91. The first-order valence-corrected chi connectivity index (χ1v) is 5.98. The molecular formula is C13H18N2O. The number of anilines is 2. The number of nitrogens with one attached hydrogen (secondary N) is 2. The van der Waals surface area contributed by atoms with E-state index in [1.54, 1.807) is 7.11 Å². The Morgan fingerprint density at radius 1 is 1.19 bits per heavy atom. The molecule has 0 atom stereocenters. The SMILES string of the molecule is COc1cccc2c1NCC1(CCC1)CN2. The Bertz CT molecular complexity index is 399. The molecule has 86 valence electrons. The topological polar surface area (TPSA) is 33.3 Å². The molecule has 1 heterocycles. The van der Waals surface area contributed by atoms with Crippen LogP contribution < -0.4 is 15.4 Å². The van der Waals surface area contributed by atoms with Crippen molar-refractivity contribution < 1.29 is 4.74 Å². The second-order valence-corrected chi connectivity index (χ2v) is 4.94. The average Bonchev–Trinajstić information content (AvgIpc) is 2.47. The van der Waals surface area contributed by atoms with Crippen LogP contribution in [0.3, 0.4) is 0 Å². The van der Waals surface area contributed by atoms with Crippen LogP contribution in [0.2, 0.25) is 0 Å². The zero-order valence-corrected chi connectivity index (χ0v) is 9.68. The van der Waals surface area contributed by atoms with Gasteiger partial charge < -0.3 is 15.4 Å². The summed E-state index contributed by atoms with van der Waals surface area (Å²) in [7, 11) is 1.72. The first-order chi connectivity index (χ1) is 7.83. The molecule has 3 rings (SSSR count). The van der Waals surface area contributed by atoms with Gasteiger partial charge in [-0.2, -0.15) is 0 Å². The molecule has 1 fully saturated rings. The Morgan fingerprint density at radius 2 is 2.00 bits per heavy atom. The fraction of sp³-hybridized carbons (Fsp3) is 0.538. The highest BCUT2D eigenvalue weighted by Crippen LogP contribution is 2.45. The van der Waals surface area contributed by atoms with Crippen LogP contribution >= 0.6 is 0 Å². The van der Waals surface area contributed by atoms with Gasteiger partial charge in [-0.3, -0.25) is 0 Å². The van der Waals surface area contributed by atoms with Crippen LogP contribution in [0.25, 0.3) is 0 Å². The summed E-state index contributed by atoms with van der Waals surface area (Å²) in [5.74, 6) is 0.932. The fourth-order valence-electron chi connectivity index (χ4n) is 2.68. The van der Waals surface area contributed by atoms with Gasteiger partial charge in [0, 0.05) is 18.5 Å². The van der Waals surface area contributed by atoms with Gasteiger partial charge in [-0.1, -0.05) is 12.5 Å². The van der Waals surface area contributed by atoms with Crippen LogP contribution in [0.4, 0.5) is 11.4 Å². The number of ether oxygens (including phenoxy) is 1. The second kappa shape index (κ2) is 3.58. The summed E-state index contributed by atoms with van der Waals surface area (Å²) in [5, 5.41) is 7.10. The Hall–Kier alpha value is -1.38. The third kappa shape index (κ3) is 1.42. The van der Waals surface area contributed by atoms with Crippen molar-refractivity contribution >= 4 is 11.4 Å². The van der Waals surface area contributed by atoms with Gasteiger partial charge >= 0.3 is 0 Å². The van der Waals surface area contributed by atoms with Gasteiger partial charge in [0.1, 0.15) is 11.4 Å². The third-order valence-corrected chi connectivity index (χ3v) is 3.95. The molecule has 0 radical (unpaired) electrons. The van der Waals surface area contributed by atoms with Crippen LogP contribution in [-0.4, -0.2) is 20.2 Å². The van der Waals surface area contributed by atoms with Crippen LogP contribution in [0.1, 0.15) is 19.3 Å². The van der Waals surface area contributed by atoms with E-state index in [2.05, 4.69) is 16.7 Å². The van der Waals surface area contributed by atoms with E-state index in [-0.39, 0.29) is 0 Å². The van der Waals surface area contributed by atoms with Crippen molar-refractivity contribution in [3.8, 4) is 5.75 Å². The molecule has 3 heteroatoms. The molecule has 1 aliphatic heterocycles. The van der Waals surface area contributed by atoms with Gasteiger partial charge in [-0.05, 0) is 25.0 Å². The molecule has 2 N–H and O–H groups in total. The molecule has 1 saturated carbocycles. The first-order valence-electron chi connectivity index (χ1n) is 5.98. The molecule has 1 aromatic carbocycles. The number of methoxy groups -OCH3 is 1. The van der Waals surface area contributed by atoms with E-state index >= 15 is 0 Å². The van der Waals surface area contributed by atoms with E-state index in [0.717, 1.165) is 24.5 Å². The largest absolute Gasteiger partial charge is 0.495 e. The second-order valence-electron chi connectivity index (χ2n) is 4.94. The van der Waals surface area contributed by atoms with Gasteiger partial charge in [-0.15, -0.1) is 0 Å². The molecule has 0 aromatic heterocycles. The minimum atomic E-state index is 0.476. The molecule has 0 bridgehead atoms. The van der Waals surface area contributed by atoms with E-state index in [9.17, 15) is 0 Å². The highest BCUT2D eigenvalue weighted by molar-refractivity contribution is 5.76. The van der Waals surface area contributed by atoms with Crippen LogP contribution in [0, 0.1) is 5.41 Å². The minimum Gasteiger partial charge on any atom is -0.495 e. The summed E-state index contributed by atoms with van der Waals surface area (Å²) in [6.45, 7) is 2.15. The first kappa shape index (κ1) is 9.82.